The van der Waals surface area contributed by atoms with Crippen LogP contribution < -0.4 is 4.74 Å². The Balaban J connectivity index is 1.65. The monoisotopic (exact) mass is 277 g/mol. The fraction of sp³-hybridized carbons (Fsp3) is 0.625. The fourth-order valence-corrected chi connectivity index (χ4v) is 3.93. The number of likely N-dealkylation sites (tertiary alicyclic amines) is 1. The second-order valence-corrected chi connectivity index (χ2v) is 6.64. The summed E-state index contributed by atoms with van der Waals surface area (Å²) < 4.78 is 19.6. The van der Waals surface area contributed by atoms with Crippen LogP contribution in [0.25, 0.3) is 0 Å². The van der Waals surface area contributed by atoms with E-state index >= 15 is 0 Å². The summed E-state index contributed by atoms with van der Waals surface area (Å²) in [6.07, 6.45) is 3.52. The van der Waals surface area contributed by atoms with E-state index in [4.69, 9.17) is 4.74 Å². The molecule has 2 heterocycles. The van der Waals surface area contributed by atoms with Crippen LogP contribution in [0.4, 0.5) is 4.39 Å². The summed E-state index contributed by atoms with van der Waals surface area (Å²) in [7, 11) is 0. The molecule has 0 radical (unpaired) electrons. The fourth-order valence-electron chi connectivity index (χ4n) is 3.93. The van der Waals surface area contributed by atoms with Crippen molar-refractivity contribution in [2.24, 2.45) is 0 Å². The van der Waals surface area contributed by atoms with Gasteiger partial charge in [0.1, 0.15) is 17.2 Å². The van der Waals surface area contributed by atoms with E-state index in [1.54, 1.807) is 6.07 Å². The topological polar surface area (TPSA) is 32.7 Å². The van der Waals surface area contributed by atoms with Crippen LogP contribution in [0.5, 0.6) is 5.75 Å². The van der Waals surface area contributed by atoms with Crippen molar-refractivity contribution < 1.29 is 14.2 Å². The number of halogens is 1. The van der Waals surface area contributed by atoms with E-state index in [-0.39, 0.29) is 11.4 Å². The number of ether oxygens (including phenoxy) is 1. The number of rotatable bonds is 1. The largest absolute Gasteiger partial charge is 0.485 e. The normalized spacial score (nSPS) is 37.0. The highest BCUT2D eigenvalue weighted by atomic mass is 19.1. The van der Waals surface area contributed by atoms with Crippen molar-refractivity contribution >= 4 is 0 Å². The van der Waals surface area contributed by atoms with Gasteiger partial charge in [-0.15, -0.1) is 0 Å². The third-order valence-corrected chi connectivity index (χ3v) is 4.95. The predicted octanol–water partition coefficient (Wildman–Crippen LogP) is 2.64. The molecule has 3 nitrogen and oxygen atoms in total. The number of hydrogen-bond donors (Lipinski definition) is 1. The number of benzene rings is 1. The lowest BCUT2D eigenvalue weighted by Crippen LogP contribution is -2.44. The third kappa shape index (κ3) is 1.93. The van der Waals surface area contributed by atoms with Crippen LogP contribution in [-0.4, -0.2) is 34.2 Å². The summed E-state index contributed by atoms with van der Waals surface area (Å²) in [5.74, 6) is 0.215. The maximum atomic E-state index is 13.4. The molecule has 1 aromatic rings. The van der Waals surface area contributed by atoms with Crippen LogP contribution in [0.15, 0.2) is 18.2 Å². The first-order valence-electron chi connectivity index (χ1n) is 7.49. The standard InChI is InChI=1S/C16H20FNO2/c1-10-7-16(9-18(10)12-3-4-12)8-14(19)13-5-2-11(17)6-15(13)20-16/h2,5-6,10,12,14,19H,3-4,7-9H2,1H3/t10?,14-,16?/m0/s1. The van der Waals surface area contributed by atoms with Crippen molar-refractivity contribution in [1.29, 1.82) is 0 Å². The molecule has 1 spiro atoms. The van der Waals surface area contributed by atoms with Gasteiger partial charge in [-0.3, -0.25) is 4.90 Å². The smallest absolute Gasteiger partial charge is 0.128 e. The van der Waals surface area contributed by atoms with E-state index < -0.39 is 6.10 Å². The first kappa shape index (κ1) is 12.6. The van der Waals surface area contributed by atoms with Gasteiger partial charge >= 0.3 is 0 Å². The van der Waals surface area contributed by atoms with E-state index in [2.05, 4.69) is 11.8 Å². The Morgan fingerprint density at radius 3 is 2.90 bits per heavy atom. The number of fused-ring (bicyclic) bond motifs is 1. The molecule has 2 fully saturated rings. The Labute approximate surface area is 118 Å². The molecule has 2 unspecified atom stereocenters. The number of aliphatic hydroxyl groups is 1. The van der Waals surface area contributed by atoms with Crippen molar-refractivity contribution in [3.63, 3.8) is 0 Å². The summed E-state index contributed by atoms with van der Waals surface area (Å²) >= 11 is 0. The van der Waals surface area contributed by atoms with Gasteiger partial charge in [-0.2, -0.15) is 0 Å². The molecular weight excluding hydrogens is 257 g/mol. The van der Waals surface area contributed by atoms with Gasteiger partial charge in [-0.05, 0) is 31.9 Å². The van der Waals surface area contributed by atoms with Gasteiger partial charge in [-0.25, -0.2) is 4.39 Å². The van der Waals surface area contributed by atoms with Crippen molar-refractivity contribution in [2.45, 2.75) is 56.4 Å². The van der Waals surface area contributed by atoms with Crippen molar-refractivity contribution in [3.8, 4) is 5.75 Å². The molecular formula is C16H20FNO2. The molecule has 3 atom stereocenters. The highest BCUT2D eigenvalue weighted by Crippen LogP contribution is 2.47. The molecule has 1 saturated heterocycles. The zero-order chi connectivity index (χ0) is 13.9. The molecule has 0 bridgehead atoms. The van der Waals surface area contributed by atoms with Crippen LogP contribution in [0, 0.1) is 5.82 Å². The SMILES string of the molecule is CC1CC2(C[C@H](O)c3ccc(F)cc3O2)CN1C1CC1. The molecule has 3 aliphatic rings. The summed E-state index contributed by atoms with van der Waals surface area (Å²) in [6, 6.07) is 5.60. The molecule has 4 heteroatoms. The number of aliphatic hydroxyl groups excluding tert-OH is 1. The minimum absolute atomic E-state index is 0.307. The third-order valence-electron chi connectivity index (χ3n) is 4.95. The molecule has 108 valence electrons. The van der Waals surface area contributed by atoms with E-state index in [0.29, 0.717) is 24.3 Å². The Morgan fingerprint density at radius 2 is 2.15 bits per heavy atom. The van der Waals surface area contributed by atoms with Gasteiger partial charge in [-0.1, -0.05) is 0 Å². The van der Waals surface area contributed by atoms with Crippen molar-refractivity contribution in [1.82, 2.24) is 4.90 Å². The van der Waals surface area contributed by atoms with Crippen LogP contribution >= 0.6 is 0 Å². The summed E-state index contributed by atoms with van der Waals surface area (Å²) in [5, 5.41) is 10.4. The molecule has 20 heavy (non-hydrogen) atoms. The maximum absolute atomic E-state index is 13.4. The average molecular weight is 277 g/mol. The molecule has 1 aliphatic carbocycles. The summed E-state index contributed by atoms with van der Waals surface area (Å²) in [4.78, 5) is 2.50. The second kappa shape index (κ2) is 4.18. The van der Waals surface area contributed by atoms with Crippen LogP contribution in [0.2, 0.25) is 0 Å². The second-order valence-electron chi connectivity index (χ2n) is 6.64. The molecule has 4 rings (SSSR count). The Morgan fingerprint density at radius 1 is 1.35 bits per heavy atom. The van der Waals surface area contributed by atoms with E-state index in [1.165, 1.54) is 25.0 Å². The maximum Gasteiger partial charge on any atom is 0.128 e. The summed E-state index contributed by atoms with van der Waals surface area (Å²) in [5.41, 5.74) is 0.372. The lowest BCUT2D eigenvalue weighted by atomic mass is 9.87. The zero-order valence-corrected chi connectivity index (χ0v) is 11.7. The first-order valence-corrected chi connectivity index (χ1v) is 7.49. The predicted molar refractivity (Wildman–Crippen MR) is 73.1 cm³/mol. The van der Waals surface area contributed by atoms with Crippen LogP contribution in [-0.2, 0) is 0 Å². The van der Waals surface area contributed by atoms with Gasteiger partial charge in [0.25, 0.3) is 0 Å². The molecule has 2 aliphatic heterocycles. The Bertz CT molecular complexity index is 545. The lowest BCUT2D eigenvalue weighted by Gasteiger charge is -2.38. The van der Waals surface area contributed by atoms with Gasteiger partial charge in [0, 0.05) is 43.1 Å². The van der Waals surface area contributed by atoms with Crippen LogP contribution in [0.3, 0.4) is 0 Å². The minimum atomic E-state index is -0.550. The first-order chi connectivity index (χ1) is 9.56. The molecule has 0 amide bonds. The van der Waals surface area contributed by atoms with Crippen LogP contribution in [0.1, 0.15) is 44.3 Å². The molecule has 1 saturated carbocycles. The van der Waals surface area contributed by atoms with Gasteiger partial charge in [0.15, 0.2) is 0 Å². The van der Waals surface area contributed by atoms with Crippen molar-refractivity contribution in [2.75, 3.05) is 6.54 Å². The zero-order valence-electron chi connectivity index (χ0n) is 11.7. The highest BCUT2D eigenvalue weighted by Gasteiger charge is 2.51. The Hall–Kier alpha value is -1.13. The molecule has 0 aromatic heterocycles. The molecule has 1 aromatic carbocycles. The quantitative estimate of drug-likeness (QED) is 0.856. The van der Waals surface area contributed by atoms with E-state index in [0.717, 1.165) is 18.5 Å². The van der Waals surface area contributed by atoms with Gasteiger partial charge in [0.2, 0.25) is 0 Å². The van der Waals surface area contributed by atoms with Gasteiger partial charge in [0.05, 0.1) is 6.10 Å². The number of hydrogen-bond acceptors (Lipinski definition) is 3. The minimum Gasteiger partial charge on any atom is -0.485 e. The lowest BCUT2D eigenvalue weighted by molar-refractivity contribution is -0.00801. The highest BCUT2D eigenvalue weighted by molar-refractivity contribution is 5.39. The van der Waals surface area contributed by atoms with E-state index in [1.807, 2.05) is 0 Å². The number of nitrogens with zero attached hydrogens (tertiary/aromatic N) is 1. The average Bonchev–Trinajstić information content (AvgIpc) is 3.15. The molecule has 1 N–H and O–H groups in total. The van der Waals surface area contributed by atoms with E-state index in [9.17, 15) is 9.50 Å². The van der Waals surface area contributed by atoms with Gasteiger partial charge < -0.3 is 9.84 Å². The Kier molecular flexibility index (Phi) is 2.63. The van der Waals surface area contributed by atoms with Crippen molar-refractivity contribution in [3.05, 3.63) is 29.6 Å². The summed E-state index contributed by atoms with van der Waals surface area (Å²) in [6.45, 7) is 3.08.